The van der Waals surface area contributed by atoms with E-state index in [9.17, 15) is 5.11 Å². The summed E-state index contributed by atoms with van der Waals surface area (Å²) in [5.41, 5.74) is 0.438. The maximum Gasteiger partial charge on any atom is 0.0621 e. The van der Waals surface area contributed by atoms with Crippen LogP contribution in [0.4, 0.5) is 0 Å². The van der Waals surface area contributed by atoms with E-state index >= 15 is 0 Å². The Kier molecular flexibility index (Phi) is 3.06. The third-order valence-corrected chi connectivity index (χ3v) is 5.13. The Morgan fingerprint density at radius 3 is 2.25 bits per heavy atom. The number of nitrogens with one attached hydrogen (secondary N) is 1. The van der Waals surface area contributed by atoms with Crippen LogP contribution < -0.4 is 5.32 Å². The van der Waals surface area contributed by atoms with Crippen LogP contribution in [0.25, 0.3) is 0 Å². The standard InChI is InChI=1S/C13H26N2O/c1-12(2)10(8-11(12)16)14-9-13(15(3)4)6-5-7-13/h10-11,14,16H,5-9H2,1-4H3. The first-order chi connectivity index (χ1) is 7.38. The highest BCUT2D eigenvalue weighted by atomic mass is 16.3. The Labute approximate surface area is 99.2 Å². The Morgan fingerprint density at radius 1 is 1.31 bits per heavy atom. The van der Waals surface area contributed by atoms with Gasteiger partial charge in [0, 0.05) is 23.5 Å². The fraction of sp³-hybridized carbons (Fsp3) is 1.00. The molecule has 2 aliphatic carbocycles. The fourth-order valence-electron chi connectivity index (χ4n) is 2.93. The topological polar surface area (TPSA) is 35.5 Å². The van der Waals surface area contributed by atoms with Crippen LogP contribution in [0.15, 0.2) is 0 Å². The van der Waals surface area contributed by atoms with Gasteiger partial charge in [0.15, 0.2) is 0 Å². The van der Waals surface area contributed by atoms with Crippen molar-refractivity contribution < 1.29 is 5.11 Å². The molecular weight excluding hydrogens is 200 g/mol. The molecular formula is C13H26N2O. The molecule has 2 N–H and O–H groups in total. The Balaban J connectivity index is 1.84. The molecule has 2 saturated carbocycles. The van der Waals surface area contributed by atoms with Crippen LogP contribution in [0.5, 0.6) is 0 Å². The number of nitrogens with zero attached hydrogens (tertiary/aromatic N) is 1. The third kappa shape index (κ3) is 1.79. The minimum absolute atomic E-state index is 0.0528. The molecule has 0 amide bonds. The quantitative estimate of drug-likeness (QED) is 0.756. The van der Waals surface area contributed by atoms with Gasteiger partial charge >= 0.3 is 0 Å². The number of hydrogen-bond donors (Lipinski definition) is 2. The van der Waals surface area contributed by atoms with Crippen LogP contribution in [0, 0.1) is 5.41 Å². The third-order valence-electron chi connectivity index (χ3n) is 5.13. The molecule has 0 heterocycles. The Bertz CT molecular complexity index is 259. The first-order valence-corrected chi connectivity index (χ1v) is 6.47. The molecule has 0 aromatic rings. The Hall–Kier alpha value is -0.120. The summed E-state index contributed by atoms with van der Waals surface area (Å²) in [6, 6.07) is 0.486. The first kappa shape index (κ1) is 12.3. The molecule has 0 aliphatic heterocycles. The van der Waals surface area contributed by atoms with Crippen molar-refractivity contribution in [3.63, 3.8) is 0 Å². The molecule has 2 fully saturated rings. The van der Waals surface area contributed by atoms with Crippen molar-refractivity contribution in [2.24, 2.45) is 5.41 Å². The molecule has 0 bridgehead atoms. The van der Waals surface area contributed by atoms with E-state index in [1.807, 2.05) is 0 Å². The van der Waals surface area contributed by atoms with Gasteiger partial charge in [0.25, 0.3) is 0 Å². The van der Waals surface area contributed by atoms with E-state index in [1.165, 1.54) is 19.3 Å². The lowest BCUT2D eigenvalue weighted by molar-refractivity contribution is -0.0787. The van der Waals surface area contributed by atoms with Crippen LogP contribution in [-0.2, 0) is 0 Å². The zero-order valence-electron chi connectivity index (χ0n) is 11.1. The smallest absolute Gasteiger partial charge is 0.0621 e. The lowest BCUT2D eigenvalue weighted by Gasteiger charge is -2.53. The predicted molar refractivity (Wildman–Crippen MR) is 66.5 cm³/mol. The second-order valence-corrected chi connectivity index (χ2v) is 6.48. The van der Waals surface area contributed by atoms with E-state index in [4.69, 9.17) is 0 Å². The van der Waals surface area contributed by atoms with E-state index in [2.05, 4.69) is 38.2 Å². The largest absolute Gasteiger partial charge is 0.392 e. The summed E-state index contributed by atoms with van der Waals surface area (Å²) in [6.45, 7) is 5.38. The van der Waals surface area contributed by atoms with Crippen molar-refractivity contribution in [1.82, 2.24) is 10.2 Å². The van der Waals surface area contributed by atoms with E-state index in [-0.39, 0.29) is 11.5 Å². The maximum atomic E-state index is 9.71. The van der Waals surface area contributed by atoms with Crippen LogP contribution in [0.2, 0.25) is 0 Å². The van der Waals surface area contributed by atoms with Gasteiger partial charge in [-0.2, -0.15) is 0 Å². The molecule has 2 rings (SSSR count). The summed E-state index contributed by atoms with van der Waals surface area (Å²) in [7, 11) is 4.36. The lowest BCUT2D eigenvalue weighted by atomic mass is 9.64. The van der Waals surface area contributed by atoms with Gasteiger partial charge in [-0.25, -0.2) is 0 Å². The maximum absolute atomic E-state index is 9.71. The monoisotopic (exact) mass is 226 g/mol. The van der Waals surface area contributed by atoms with Crippen molar-refractivity contribution in [3.05, 3.63) is 0 Å². The van der Waals surface area contributed by atoms with Gasteiger partial charge in [0.1, 0.15) is 0 Å². The van der Waals surface area contributed by atoms with Crippen molar-refractivity contribution in [3.8, 4) is 0 Å². The van der Waals surface area contributed by atoms with Crippen LogP contribution in [-0.4, -0.2) is 48.3 Å². The molecule has 2 aliphatic rings. The summed E-state index contributed by atoms with van der Waals surface area (Å²) >= 11 is 0. The van der Waals surface area contributed by atoms with Crippen molar-refractivity contribution in [2.45, 2.75) is 57.2 Å². The molecule has 2 atom stereocenters. The van der Waals surface area contributed by atoms with Gasteiger partial charge < -0.3 is 15.3 Å². The van der Waals surface area contributed by atoms with Crippen molar-refractivity contribution in [1.29, 1.82) is 0 Å². The fourth-order valence-corrected chi connectivity index (χ4v) is 2.93. The summed E-state index contributed by atoms with van der Waals surface area (Å²) in [4.78, 5) is 2.37. The van der Waals surface area contributed by atoms with Gasteiger partial charge in [-0.05, 0) is 39.8 Å². The van der Waals surface area contributed by atoms with Crippen LogP contribution >= 0.6 is 0 Å². The number of aliphatic hydroxyl groups excluding tert-OH is 1. The van der Waals surface area contributed by atoms with Gasteiger partial charge in [-0.3, -0.25) is 0 Å². The van der Waals surface area contributed by atoms with Crippen LogP contribution in [0.1, 0.15) is 39.5 Å². The van der Waals surface area contributed by atoms with Gasteiger partial charge in [0.05, 0.1) is 6.10 Å². The zero-order chi connectivity index (χ0) is 12.0. The molecule has 0 spiro atoms. The number of likely N-dealkylation sites (N-methyl/N-ethyl adjacent to an activating group) is 1. The predicted octanol–water partition coefficient (Wildman–Crippen LogP) is 1.22. The molecule has 3 nitrogen and oxygen atoms in total. The van der Waals surface area contributed by atoms with Crippen molar-refractivity contribution in [2.75, 3.05) is 20.6 Å². The molecule has 2 unspecified atom stereocenters. The van der Waals surface area contributed by atoms with E-state index in [1.54, 1.807) is 0 Å². The SMILES string of the molecule is CN(C)C1(CNC2CC(O)C2(C)C)CCC1. The van der Waals surface area contributed by atoms with Gasteiger partial charge in [0.2, 0.25) is 0 Å². The average Bonchev–Trinajstić information content (AvgIpc) is 2.14. The zero-order valence-corrected chi connectivity index (χ0v) is 11.1. The van der Waals surface area contributed by atoms with Crippen LogP contribution in [0.3, 0.4) is 0 Å². The summed E-state index contributed by atoms with van der Waals surface area (Å²) in [5, 5.41) is 13.4. The second-order valence-electron chi connectivity index (χ2n) is 6.48. The minimum atomic E-state index is -0.123. The second kappa shape index (κ2) is 3.97. The average molecular weight is 226 g/mol. The summed E-state index contributed by atoms with van der Waals surface area (Å²) < 4.78 is 0. The summed E-state index contributed by atoms with van der Waals surface area (Å²) in [5.74, 6) is 0. The van der Waals surface area contributed by atoms with E-state index in [0.717, 1.165) is 13.0 Å². The normalized spacial score (nSPS) is 35.6. The van der Waals surface area contributed by atoms with Gasteiger partial charge in [-0.15, -0.1) is 0 Å². The highest BCUT2D eigenvalue weighted by Crippen LogP contribution is 2.42. The molecule has 0 aromatic heterocycles. The van der Waals surface area contributed by atoms with E-state index < -0.39 is 0 Å². The number of rotatable bonds is 4. The van der Waals surface area contributed by atoms with Crippen molar-refractivity contribution >= 4 is 0 Å². The molecule has 16 heavy (non-hydrogen) atoms. The number of hydrogen-bond acceptors (Lipinski definition) is 3. The Morgan fingerprint density at radius 2 is 1.94 bits per heavy atom. The highest BCUT2D eigenvalue weighted by molar-refractivity contribution is 5.05. The summed E-state index contributed by atoms with van der Waals surface area (Å²) in [6.07, 6.45) is 4.76. The molecule has 0 aromatic carbocycles. The van der Waals surface area contributed by atoms with E-state index in [0.29, 0.717) is 11.6 Å². The number of aliphatic hydroxyl groups is 1. The lowest BCUT2D eigenvalue weighted by Crippen LogP contribution is -2.65. The first-order valence-electron chi connectivity index (χ1n) is 6.47. The molecule has 0 radical (unpaired) electrons. The highest BCUT2D eigenvalue weighted by Gasteiger charge is 2.48. The molecule has 0 saturated heterocycles. The molecule has 94 valence electrons. The molecule has 3 heteroatoms. The minimum Gasteiger partial charge on any atom is -0.392 e. The van der Waals surface area contributed by atoms with Gasteiger partial charge in [-0.1, -0.05) is 13.8 Å².